The zero-order chi connectivity index (χ0) is 9.80. The van der Waals surface area contributed by atoms with Gasteiger partial charge in [0.2, 0.25) is 0 Å². The average molecular weight is 277 g/mol. The van der Waals surface area contributed by atoms with E-state index in [4.69, 9.17) is 4.37 Å². The first-order valence-corrected chi connectivity index (χ1v) is 6.77. The van der Waals surface area contributed by atoms with Crippen molar-refractivity contribution in [3.8, 4) is 0 Å². The van der Waals surface area contributed by atoms with E-state index < -0.39 is 17.0 Å². The third kappa shape index (κ3) is 2.11. The van der Waals surface area contributed by atoms with E-state index in [9.17, 15) is 0 Å². The van der Waals surface area contributed by atoms with Gasteiger partial charge in [0.15, 0.2) is 0 Å². The van der Waals surface area contributed by atoms with Crippen LogP contribution in [0.5, 0.6) is 0 Å². The Morgan fingerprint density at radius 1 is 0.643 bits per heavy atom. The van der Waals surface area contributed by atoms with Crippen LogP contribution >= 0.6 is 0 Å². The molecule has 0 aliphatic rings. The second-order valence-corrected chi connectivity index (χ2v) is 5.86. The van der Waals surface area contributed by atoms with Crippen LogP contribution in [0.1, 0.15) is 0 Å². The van der Waals surface area contributed by atoms with Crippen LogP contribution in [0.2, 0.25) is 0 Å². The molecule has 2 heteroatoms. The SMILES string of the molecule is [NH2][Pd]([c]1ccccc1)[c]1ccccc1. The van der Waals surface area contributed by atoms with E-state index in [2.05, 4.69) is 24.3 Å². The van der Waals surface area contributed by atoms with Gasteiger partial charge < -0.3 is 0 Å². The molecule has 0 saturated carbocycles. The molecule has 2 aromatic carbocycles. The van der Waals surface area contributed by atoms with Crippen LogP contribution in [0.25, 0.3) is 0 Å². The van der Waals surface area contributed by atoms with E-state index in [1.165, 1.54) is 8.07 Å². The van der Waals surface area contributed by atoms with Gasteiger partial charge in [-0.25, -0.2) is 0 Å². The zero-order valence-corrected chi connectivity index (χ0v) is 9.22. The standard InChI is InChI=1S/2C6H5.H2N.Pd/c2*1-2-4-6-5-3-1;;/h2*1-5H;1H2;/q;;-1;+1. The van der Waals surface area contributed by atoms with Gasteiger partial charge in [0, 0.05) is 0 Å². The molecule has 0 amide bonds. The summed E-state index contributed by atoms with van der Waals surface area (Å²) in [6.45, 7) is 0. The van der Waals surface area contributed by atoms with Crippen LogP contribution in [0, 0.1) is 0 Å². The summed E-state index contributed by atoms with van der Waals surface area (Å²) in [4.78, 5) is 0. The molecule has 0 aliphatic heterocycles. The average Bonchev–Trinajstić information content (AvgIpc) is 2.30. The summed E-state index contributed by atoms with van der Waals surface area (Å²) >= 11 is -1.19. The number of hydrogen-bond acceptors (Lipinski definition) is 1. The molecule has 2 rings (SSSR count). The van der Waals surface area contributed by atoms with Gasteiger partial charge in [-0.15, -0.1) is 0 Å². The zero-order valence-electron chi connectivity index (χ0n) is 7.67. The normalized spacial score (nSPS) is 11.1. The monoisotopic (exact) mass is 276 g/mol. The van der Waals surface area contributed by atoms with Crippen molar-refractivity contribution < 1.29 is 17.0 Å². The molecule has 0 fully saturated rings. The molecule has 0 radical (unpaired) electrons. The number of hydrogen-bond donors (Lipinski definition) is 1. The van der Waals surface area contributed by atoms with E-state index in [1.807, 2.05) is 36.4 Å². The molecule has 0 spiro atoms. The Morgan fingerprint density at radius 3 is 1.36 bits per heavy atom. The van der Waals surface area contributed by atoms with Crippen molar-refractivity contribution in [3.63, 3.8) is 0 Å². The number of rotatable bonds is 2. The van der Waals surface area contributed by atoms with Gasteiger partial charge in [-0.1, -0.05) is 0 Å². The quantitative estimate of drug-likeness (QED) is 0.818. The molecular weight excluding hydrogens is 265 g/mol. The summed E-state index contributed by atoms with van der Waals surface area (Å²) in [6, 6.07) is 20.6. The van der Waals surface area contributed by atoms with E-state index in [-0.39, 0.29) is 0 Å². The maximum absolute atomic E-state index is 6.23. The topological polar surface area (TPSA) is 26.0 Å². The fourth-order valence-electron chi connectivity index (χ4n) is 1.14. The molecule has 0 aliphatic carbocycles. The van der Waals surface area contributed by atoms with E-state index >= 15 is 0 Å². The van der Waals surface area contributed by atoms with E-state index in [0.29, 0.717) is 0 Å². The fraction of sp³-hybridized carbons (Fsp3) is 0. The van der Waals surface area contributed by atoms with Crippen LogP contribution in [0.15, 0.2) is 60.7 Å². The van der Waals surface area contributed by atoms with Crippen molar-refractivity contribution >= 4 is 8.07 Å². The summed E-state index contributed by atoms with van der Waals surface area (Å²) in [7, 11) is 0. The summed E-state index contributed by atoms with van der Waals surface area (Å²) < 4.78 is 8.77. The van der Waals surface area contributed by atoms with Crippen molar-refractivity contribution in [1.82, 2.24) is 0 Å². The third-order valence-corrected chi connectivity index (χ3v) is 4.79. The van der Waals surface area contributed by atoms with Gasteiger partial charge in [-0.2, -0.15) is 0 Å². The molecule has 0 aromatic heterocycles. The van der Waals surface area contributed by atoms with Crippen molar-refractivity contribution in [1.29, 1.82) is 0 Å². The van der Waals surface area contributed by atoms with Gasteiger partial charge in [-0.05, 0) is 0 Å². The Kier molecular flexibility index (Phi) is 3.11. The van der Waals surface area contributed by atoms with Crippen LogP contribution < -0.4 is 12.4 Å². The molecular formula is C12H12NPd. The molecule has 0 unspecified atom stereocenters. The minimum absolute atomic E-state index is 1.19. The Labute approximate surface area is 90.1 Å². The van der Waals surface area contributed by atoms with Gasteiger partial charge in [0.05, 0.1) is 0 Å². The molecule has 0 bridgehead atoms. The first-order chi connectivity index (χ1) is 6.88. The van der Waals surface area contributed by atoms with Gasteiger partial charge >= 0.3 is 90.1 Å². The molecule has 0 saturated heterocycles. The Hall–Kier alpha value is -0.938. The molecule has 0 heterocycles. The van der Waals surface area contributed by atoms with Crippen LogP contribution in [0.4, 0.5) is 0 Å². The molecule has 14 heavy (non-hydrogen) atoms. The molecule has 75 valence electrons. The van der Waals surface area contributed by atoms with Crippen LogP contribution in [-0.2, 0) is 17.0 Å². The summed E-state index contributed by atoms with van der Waals surface area (Å²) in [5.74, 6) is 0. The summed E-state index contributed by atoms with van der Waals surface area (Å²) in [5, 5.41) is 0. The third-order valence-electron chi connectivity index (χ3n) is 1.82. The van der Waals surface area contributed by atoms with Crippen molar-refractivity contribution in [2.75, 3.05) is 0 Å². The van der Waals surface area contributed by atoms with E-state index in [0.717, 1.165) is 0 Å². The summed E-state index contributed by atoms with van der Waals surface area (Å²) in [5.41, 5.74) is 0. The van der Waals surface area contributed by atoms with Crippen molar-refractivity contribution in [3.05, 3.63) is 60.7 Å². The van der Waals surface area contributed by atoms with Gasteiger partial charge in [-0.3, -0.25) is 0 Å². The van der Waals surface area contributed by atoms with Crippen LogP contribution in [-0.4, -0.2) is 0 Å². The van der Waals surface area contributed by atoms with Crippen LogP contribution in [0.3, 0.4) is 0 Å². The molecule has 2 aromatic rings. The van der Waals surface area contributed by atoms with Gasteiger partial charge in [0.25, 0.3) is 0 Å². The van der Waals surface area contributed by atoms with Gasteiger partial charge in [0.1, 0.15) is 0 Å². The summed E-state index contributed by atoms with van der Waals surface area (Å²) in [6.07, 6.45) is 0. The number of nitrogens with two attached hydrogens (primary N) is 1. The Bertz CT molecular complexity index is 346. The fourth-order valence-corrected chi connectivity index (χ4v) is 3.37. The minimum atomic E-state index is -1.19. The predicted molar refractivity (Wildman–Crippen MR) is 56.3 cm³/mol. The molecule has 2 N–H and O–H groups in total. The first-order valence-electron chi connectivity index (χ1n) is 4.32. The Balaban J connectivity index is 2.30. The first kappa shape index (κ1) is 9.61. The van der Waals surface area contributed by atoms with Crippen molar-refractivity contribution in [2.24, 2.45) is 4.37 Å². The second kappa shape index (κ2) is 4.52. The molecule has 0 atom stereocenters. The Morgan fingerprint density at radius 2 is 1.00 bits per heavy atom. The van der Waals surface area contributed by atoms with E-state index in [1.54, 1.807) is 0 Å². The molecule has 1 nitrogen and oxygen atoms in total. The van der Waals surface area contributed by atoms with Crippen molar-refractivity contribution in [2.45, 2.75) is 0 Å². The number of benzene rings is 2. The second-order valence-electron chi connectivity index (χ2n) is 2.78. The predicted octanol–water partition coefficient (Wildman–Crippen LogP) is 1.13. The maximum atomic E-state index is 6.23.